The summed E-state index contributed by atoms with van der Waals surface area (Å²) < 4.78 is 14.4. The standard InChI is InChI=1S/C16H12BrF/c1-2-10-3-4-12-7-11-5-6-14(18)8-13(11)9-15(12)16(10)17/h3-9H,2H2,1H3. The molecule has 2 heteroatoms. The van der Waals surface area contributed by atoms with Crippen molar-refractivity contribution in [3.05, 3.63) is 58.3 Å². The lowest BCUT2D eigenvalue weighted by Crippen LogP contribution is -1.85. The lowest BCUT2D eigenvalue weighted by Gasteiger charge is -2.08. The van der Waals surface area contributed by atoms with Crippen LogP contribution in [-0.2, 0) is 6.42 Å². The summed E-state index contributed by atoms with van der Waals surface area (Å²) in [7, 11) is 0. The quantitative estimate of drug-likeness (QED) is 0.524. The highest BCUT2D eigenvalue weighted by atomic mass is 79.9. The van der Waals surface area contributed by atoms with Crippen molar-refractivity contribution in [1.82, 2.24) is 0 Å². The van der Waals surface area contributed by atoms with E-state index in [1.54, 1.807) is 6.07 Å². The molecule has 0 nitrogen and oxygen atoms in total. The highest BCUT2D eigenvalue weighted by Crippen LogP contribution is 2.31. The van der Waals surface area contributed by atoms with Crippen molar-refractivity contribution < 1.29 is 4.39 Å². The summed E-state index contributed by atoms with van der Waals surface area (Å²) in [5.74, 6) is -0.190. The van der Waals surface area contributed by atoms with Crippen LogP contribution >= 0.6 is 15.9 Å². The van der Waals surface area contributed by atoms with Gasteiger partial charge in [-0.25, -0.2) is 4.39 Å². The first-order valence-corrected chi connectivity index (χ1v) is 6.79. The molecule has 18 heavy (non-hydrogen) atoms. The van der Waals surface area contributed by atoms with Gasteiger partial charge in [0.25, 0.3) is 0 Å². The second-order valence-corrected chi connectivity index (χ2v) is 5.25. The topological polar surface area (TPSA) is 0 Å². The molecule has 3 aromatic rings. The molecule has 0 unspecified atom stereocenters. The summed E-state index contributed by atoms with van der Waals surface area (Å²) in [6.45, 7) is 2.13. The summed E-state index contributed by atoms with van der Waals surface area (Å²) in [6, 6.07) is 13.3. The van der Waals surface area contributed by atoms with Crippen LogP contribution < -0.4 is 0 Å². The molecule has 0 radical (unpaired) electrons. The van der Waals surface area contributed by atoms with Gasteiger partial charge in [0.1, 0.15) is 5.82 Å². The summed E-state index contributed by atoms with van der Waals surface area (Å²) in [4.78, 5) is 0. The van der Waals surface area contributed by atoms with Gasteiger partial charge < -0.3 is 0 Å². The molecular formula is C16H12BrF. The van der Waals surface area contributed by atoms with Crippen molar-refractivity contribution in [2.75, 3.05) is 0 Å². The van der Waals surface area contributed by atoms with Gasteiger partial charge in [-0.05, 0) is 73.7 Å². The second kappa shape index (κ2) is 4.36. The van der Waals surface area contributed by atoms with E-state index in [9.17, 15) is 4.39 Å². The molecule has 0 saturated carbocycles. The number of hydrogen-bond donors (Lipinski definition) is 0. The largest absolute Gasteiger partial charge is 0.207 e. The summed E-state index contributed by atoms with van der Waals surface area (Å²) >= 11 is 3.65. The van der Waals surface area contributed by atoms with Crippen molar-refractivity contribution >= 4 is 37.5 Å². The Labute approximate surface area is 114 Å². The minimum atomic E-state index is -0.190. The highest BCUT2D eigenvalue weighted by Gasteiger charge is 2.06. The van der Waals surface area contributed by atoms with Crippen LogP contribution in [0.25, 0.3) is 21.5 Å². The van der Waals surface area contributed by atoms with Crippen LogP contribution in [0.1, 0.15) is 12.5 Å². The number of rotatable bonds is 1. The Kier molecular flexibility index (Phi) is 2.83. The second-order valence-electron chi connectivity index (χ2n) is 4.46. The van der Waals surface area contributed by atoms with E-state index in [1.807, 2.05) is 6.07 Å². The summed E-state index contributed by atoms with van der Waals surface area (Å²) in [5, 5.41) is 4.34. The molecule has 90 valence electrons. The number of hydrogen-bond acceptors (Lipinski definition) is 0. The molecule has 0 saturated heterocycles. The van der Waals surface area contributed by atoms with Crippen LogP contribution in [0.15, 0.2) is 46.9 Å². The van der Waals surface area contributed by atoms with E-state index in [0.717, 1.165) is 27.1 Å². The zero-order chi connectivity index (χ0) is 12.7. The van der Waals surface area contributed by atoms with Gasteiger partial charge >= 0.3 is 0 Å². The van der Waals surface area contributed by atoms with Gasteiger partial charge in [0.2, 0.25) is 0 Å². The summed E-state index contributed by atoms with van der Waals surface area (Å²) in [6.07, 6.45) is 0.984. The monoisotopic (exact) mass is 302 g/mol. The summed E-state index contributed by atoms with van der Waals surface area (Å²) in [5.41, 5.74) is 1.28. The lowest BCUT2D eigenvalue weighted by molar-refractivity contribution is 0.630. The minimum absolute atomic E-state index is 0.190. The van der Waals surface area contributed by atoms with Gasteiger partial charge in [0, 0.05) is 4.47 Å². The van der Waals surface area contributed by atoms with Crippen molar-refractivity contribution in [2.24, 2.45) is 0 Å². The Morgan fingerprint density at radius 2 is 1.72 bits per heavy atom. The van der Waals surface area contributed by atoms with Crippen LogP contribution in [0.3, 0.4) is 0 Å². The maximum absolute atomic E-state index is 13.3. The molecule has 3 rings (SSSR count). The van der Waals surface area contributed by atoms with Crippen molar-refractivity contribution in [3.8, 4) is 0 Å². The molecule has 0 spiro atoms. The molecule has 0 aromatic heterocycles. The lowest BCUT2D eigenvalue weighted by atomic mass is 10.0. The predicted octanol–water partition coefficient (Wildman–Crippen LogP) is 5.46. The van der Waals surface area contributed by atoms with Crippen LogP contribution in [0.4, 0.5) is 4.39 Å². The molecule has 0 aliphatic rings. The number of halogens is 2. The zero-order valence-electron chi connectivity index (χ0n) is 10.0. The van der Waals surface area contributed by atoms with E-state index in [2.05, 4.69) is 47.1 Å². The Morgan fingerprint density at radius 3 is 2.50 bits per heavy atom. The SMILES string of the molecule is CCc1ccc2cc3ccc(F)cc3cc2c1Br. The van der Waals surface area contributed by atoms with E-state index in [1.165, 1.54) is 17.0 Å². The third-order valence-electron chi connectivity index (χ3n) is 3.33. The fraction of sp³-hybridized carbons (Fsp3) is 0.125. The molecule has 0 bridgehead atoms. The Hall–Kier alpha value is -1.41. The fourth-order valence-electron chi connectivity index (χ4n) is 2.32. The molecule has 0 aliphatic carbocycles. The fourth-order valence-corrected chi connectivity index (χ4v) is 3.08. The van der Waals surface area contributed by atoms with Crippen molar-refractivity contribution in [3.63, 3.8) is 0 Å². The molecular weight excluding hydrogens is 291 g/mol. The highest BCUT2D eigenvalue weighted by molar-refractivity contribution is 9.10. The van der Waals surface area contributed by atoms with Gasteiger partial charge in [0.15, 0.2) is 0 Å². The number of benzene rings is 3. The maximum atomic E-state index is 13.3. The normalized spacial score (nSPS) is 11.3. The molecule has 0 N–H and O–H groups in total. The first-order chi connectivity index (χ1) is 8.69. The van der Waals surface area contributed by atoms with Gasteiger partial charge in [-0.2, -0.15) is 0 Å². The van der Waals surface area contributed by atoms with E-state index in [-0.39, 0.29) is 5.82 Å². The van der Waals surface area contributed by atoms with E-state index < -0.39 is 0 Å². The molecule has 0 amide bonds. The van der Waals surface area contributed by atoms with Gasteiger partial charge in [-0.3, -0.25) is 0 Å². The van der Waals surface area contributed by atoms with E-state index in [0.29, 0.717) is 0 Å². The van der Waals surface area contributed by atoms with Crippen LogP contribution in [0.2, 0.25) is 0 Å². The van der Waals surface area contributed by atoms with Crippen LogP contribution in [0.5, 0.6) is 0 Å². The first kappa shape index (κ1) is 11.7. The molecule has 0 aliphatic heterocycles. The van der Waals surface area contributed by atoms with Crippen LogP contribution in [0, 0.1) is 5.82 Å². The Bertz CT molecular complexity index is 747. The van der Waals surface area contributed by atoms with E-state index in [4.69, 9.17) is 0 Å². The third-order valence-corrected chi connectivity index (χ3v) is 4.27. The predicted molar refractivity (Wildman–Crippen MR) is 78.5 cm³/mol. The Morgan fingerprint density at radius 1 is 0.944 bits per heavy atom. The Balaban J connectivity index is 2.42. The molecule has 0 fully saturated rings. The maximum Gasteiger partial charge on any atom is 0.123 e. The van der Waals surface area contributed by atoms with Gasteiger partial charge in [-0.15, -0.1) is 0 Å². The molecule has 0 atom stereocenters. The van der Waals surface area contributed by atoms with Crippen molar-refractivity contribution in [2.45, 2.75) is 13.3 Å². The van der Waals surface area contributed by atoms with Gasteiger partial charge in [-0.1, -0.05) is 25.1 Å². The average Bonchev–Trinajstić information content (AvgIpc) is 2.38. The molecule has 0 heterocycles. The third kappa shape index (κ3) is 1.81. The van der Waals surface area contributed by atoms with Gasteiger partial charge in [0.05, 0.1) is 0 Å². The molecule has 3 aromatic carbocycles. The van der Waals surface area contributed by atoms with Crippen LogP contribution in [-0.4, -0.2) is 0 Å². The number of aryl methyl sites for hydroxylation is 1. The number of fused-ring (bicyclic) bond motifs is 2. The minimum Gasteiger partial charge on any atom is -0.207 e. The van der Waals surface area contributed by atoms with E-state index >= 15 is 0 Å². The zero-order valence-corrected chi connectivity index (χ0v) is 11.6. The smallest absolute Gasteiger partial charge is 0.123 e. The first-order valence-electron chi connectivity index (χ1n) is 5.99. The van der Waals surface area contributed by atoms with Crippen molar-refractivity contribution in [1.29, 1.82) is 0 Å². The average molecular weight is 303 g/mol.